The van der Waals surface area contributed by atoms with E-state index in [0.717, 1.165) is 10.8 Å². The van der Waals surface area contributed by atoms with Gasteiger partial charge in [-0.2, -0.15) is 4.31 Å². The number of hydrogen-bond acceptors (Lipinski definition) is 6. The summed E-state index contributed by atoms with van der Waals surface area (Å²) in [4.78, 5) is 37.4. The monoisotopic (exact) mass is 540 g/mol. The number of carbonyl (C=O) groups is 3. The Morgan fingerprint density at radius 1 is 0.842 bits per heavy atom. The van der Waals surface area contributed by atoms with Crippen LogP contribution >= 0.6 is 0 Å². The summed E-state index contributed by atoms with van der Waals surface area (Å²) in [5.74, 6) is -1.45. The van der Waals surface area contributed by atoms with E-state index in [1.54, 1.807) is 12.1 Å². The molecule has 0 unspecified atom stereocenters. The molecule has 3 aromatic rings. The molecule has 0 saturated carbocycles. The van der Waals surface area contributed by atoms with E-state index in [2.05, 4.69) is 16.2 Å². The zero-order chi connectivity index (χ0) is 27.7. The fourth-order valence-electron chi connectivity index (χ4n) is 3.84. The molecule has 10 nitrogen and oxygen atoms in total. The highest BCUT2D eigenvalue weighted by Gasteiger charge is 2.23. The molecule has 0 spiro atoms. The van der Waals surface area contributed by atoms with Crippen molar-refractivity contribution >= 4 is 38.5 Å². The van der Waals surface area contributed by atoms with Crippen molar-refractivity contribution in [1.82, 2.24) is 20.5 Å². The normalized spacial score (nSPS) is 11.3. The molecule has 11 heteroatoms. The Kier molecular flexibility index (Phi) is 9.80. The van der Waals surface area contributed by atoms with Gasteiger partial charge in [0.15, 0.2) is 0 Å². The molecule has 0 aliphatic heterocycles. The fourth-order valence-corrected chi connectivity index (χ4v) is 5.47. The minimum absolute atomic E-state index is 0.0977. The van der Waals surface area contributed by atoms with Gasteiger partial charge in [-0.15, -0.1) is 0 Å². The number of hydrogen-bond donors (Lipinski definition) is 3. The number of methoxy groups -OCH3 is 1. The quantitative estimate of drug-likeness (QED) is 0.320. The molecule has 0 saturated heterocycles. The summed E-state index contributed by atoms with van der Waals surface area (Å²) in [5.41, 5.74) is 5.01. The van der Waals surface area contributed by atoms with Gasteiger partial charge in [0, 0.05) is 18.7 Å². The Bertz CT molecular complexity index is 1400. The van der Waals surface area contributed by atoms with Gasteiger partial charge in [0.05, 0.1) is 24.1 Å². The third kappa shape index (κ3) is 6.87. The summed E-state index contributed by atoms with van der Waals surface area (Å²) in [6.07, 6.45) is 1.38. The van der Waals surface area contributed by atoms with Crippen molar-refractivity contribution in [2.24, 2.45) is 0 Å². The molecule has 0 aliphatic rings. The molecule has 0 aliphatic carbocycles. The highest BCUT2D eigenvalue weighted by molar-refractivity contribution is 7.89. The van der Waals surface area contributed by atoms with Crippen LogP contribution in [-0.4, -0.2) is 57.2 Å². The van der Waals surface area contributed by atoms with Gasteiger partial charge in [-0.3, -0.25) is 25.2 Å². The second-order valence-corrected chi connectivity index (χ2v) is 10.5. The van der Waals surface area contributed by atoms with Crippen LogP contribution < -0.4 is 20.9 Å². The molecule has 3 rings (SSSR count). The minimum Gasteiger partial charge on any atom is -0.496 e. The number of hydrazine groups is 1. The first kappa shape index (κ1) is 28.6. The van der Waals surface area contributed by atoms with Crippen LogP contribution in [0.5, 0.6) is 5.75 Å². The smallest absolute Gasteiger partial charge is 0.273 e. The van der Waals surface area contributed by atoms with E-state index in [1.807, 2.05) is 38.1 Å². The largest absolute Gasteiger partial charge is 0.496 e. The van der Waals surface area contributed by atoms with Gasteiger partial charge in [0.25, 0.3) is 17.7 Å². The number of fused-ring (bicyclic) bond motifs is 1. The lowest BCUT2D eigenvalue weighted by molar-refractivity contribution is -0.120. The molecule has 3 amide bonds. The summed E-state index contributed by atoms with van der Waals surface area (Å²) in [6, 6.07) is 16.4. The molecular formula is C27H32N4O6S. The van der Waals surface area contributed by atoms with Gasteiger partial charge in [0.1, 0.15) is 5.75 Å². The summed E-state index contributed by atoms with van der Waals surface area (Å²) in [6.45, 7) is 4.24. The molecule has 0 radical (unpaired) electrons. The van der Waals surface area contributed by atoms with E-state index >= 15 is 0 Å². The van der Waals surface area contributed by atoms with E-state index in [-0.39, 0.29) is 16.0 Å². The van der Waals surface area contributed by atoms with E-state index in [9.17, 15) is 22.8 Å². The number of amides is 3. The Hall–Kier alpha value is -3.96. The van der Waals surface area contributed by atoms with Crippen LogP contribution in [0.2, 0.25) is 0 Å². The third-order valence-electron chi connectivity index (χ3n) is 5.74. The van der Waals surface area contributed by atoms with Crippen molar-refractivity contribution in [3.05, 3.63) is 71.8 Å². The van der Waals surface area contributed by atoms with Gasteiger partial charge in [-0.05, 0) is 60.0 Å². The predicted molar refractivity (Wildman–Crippen MR) is 144 cm³/mol. The number of nitrogens with zero attached hydrogens (tertiary/aromatic N) is 1. The molecule has 0 bridgehead atoms. The standard InChI is InChI=1S/C27H32N4O6S/c1-4-14-31(15-5-2)38(35,36)22-12-10-19(11-13-22)26(33)28-18-25(32)29-30-27(34)23-16-20-8-6-7-9-21(20)17-24(23)37-3/h6-13,16-17H,4-5,14-15,18H2,1-3H3,(H,28,33)(H,29,32)(H,30,34). The average Bonchev–Trinajstić information content (AvgIpc) is 2.93. The number of rotatable bonds is 11. The second kappa shape index (κ2) is 13.0. The summed E-state index contributed by atoms with van der Waals surface area (Å²) in [5, 5.41) is 4.18. The first-order chi connectivity index (χ1) is 18.2. The summed E-state index contributed by atoms with van der Waals surface area (Å²) in [7, 11) is -2.21. The van der Waals surface area contributed by atoms with Crippen LogP contribution in [-0.2, 0) is 14.8 Å². The zero-order valence-electron chi connectivity index (χ0n) is 21.6. The third-order valence-corrected chi connectivity index (χ3v) is 7.65. The topological polar surface area (TPSA) is 134 Å². The summed E-state index contributed by atoms with van der Waals surface area (Å²) < 4.78 is 32.5. The van der Waals surface area contributed by atoms with E-state index in [0.29, 0.717) is 31.7 Å². The minimum atomic E-state index is -3.66. The molecule has 3 aromatic carbocycles. The van der Waals surface area contributed by atoms with Crippen molar-refractivity contribution in [3.63, 3.8) is 0 Å². The van der Waals surface area contributed by atoms with Gasteiger partial charge >= 0.3 is 0 Å². The lowest BCUT2D eigenvalue weighted by Gasteiger charge is -2.21. The van der Waals surface area contributed by atoms with E-state index < -0.39 is 34.3 Å². The Morgan fingerprint density at radius 3 is 2.03 bits per heavy atom. The van der Waals surface area contributed by atoms with E-state index in [1.165, 1.54) is 35.7 Å². The van der Waals surface area contributed by atoms with Crippen molar-refractivity contribution in [2.45, 2.75) is 31.6 Å². The average molecular weight is 541 g/mol. The maximum absolute atomic E-state index is 12.9. The molecular weight excluding hydrogens is 508 g/mol. The van der Waals surface area contributed by atoms with Crippen LogP contribution in [0, 0.1) is 0 Å². The van der Waals surface area contributed by atoms with Gasteiger partial charge < -0.3 is 10.1 Å². The van der Waals surface area contributed by atoms with Crippen LogP contribution in [0.4, 0.5) is 0 Å². The summed E-state index contributed by atoms with van der Waals surface area (Å²) >= 11 is 0. The second-order valence-electron chi connectivity index (χ2n) is 8.51. The molecule has 0 atom stereocenters. The molecule has 38 heavy (non-hydrogen) atoms. The zero-order valence-corrected chi connectivity index (χ0v) is 22.4. The van der Waals surface area contributed by atoms with Gasteiger partial charge in [0.2, 0.25) is 10.0 Å². The van der Waals surface area contributed by atoms with Crippen molar-refractivity contribution < 1.29 is 27.5 Å². The number of ether oxygens (including phenoxy) is 1. The van der Waals surface area contributed by atoms with Crippen molar-refractivity contribution in [1.29, 1.82) is 0 Å². The molecule has 0 aromatic heterocycles. The van der Waals surface area contributed by atoms with Gasteiger partial charge in [-0.1, -0.05) is 38.1 Å². The predicted octanol–water partition coefficient (Wildman–Crippen LogP) is 2.85. The molecule has 0 fully saturated rings. The number of benzene rings is 3. The molecule has 202 valence electrons. The van der Waals surface area contributed by atoms with Crippen molar-refractivity contribution in [2.75, 3.05) is 26.7 Å². The first-order valence-electron chi connectivity index (χ1n) is 12.3. The Balaban J connectivity index is 1.56. The van der Waals surface area contributed by atoms with Gasteiger partial charge in [-0.25, -0.2) is 8.42 Å². The van der Waals surface area contributed by atoms with Crippen LogP contribution in [0.15, 0.2) is 65.6 Å². The molecule has 3 N–H and O–H groups in total. The van der Waals surface area contributed by atoms with Crippen LogP contribution in [0.3, 0.4) is 0 Å². The number of nitrogens with one attached hydrogen (secondary N) is 3. The SMILES string of the molecule is CCCN(CCC)S(=O)(=O)c1ccc(C(=O)NCC(=O)NNC(=O)c2cc3ccccc3cc2OC)cc1. The lowest BCUT2D eigenvalue weighted by Crippen LogP contribution is -2.46. The lowest BCUT2D eigenvalue weighted by atomic mass is 10.1. The van der Waals surface area contributed by atoms with E-state index in [4.69, 9.17) is 4.74 Å². The molecule has 0 heterocycles. The van der Waals surface area contributed by atoms with Crippen molar-refractivity contribution in [3.8, 4) is 5.75 Å². The van der Waals surface area contributed by atoms with Crippen LogP contribution in [0.1, 0.15) is 47.4 Å². The number of carbonyl (C=O) groups excluding carboxylic acids is 3. The highest BCUT2D eigenvalue weighted by Crippen LogP contribution is 2.25. The number of sulfonamides is 1. The van der Waals surface area contributed by atoms with Crippen LogP contribution in [0.25, 0.3) is 10.8 Å². The maximum Gasteiger partial charge on any atom is 0.273 e. The Morgan fingerprint density at radius 2 is 1.45 bits per heavy atom. The maximum atomic E-state index is 12.9. The first-order valence-corrected chi connectivity index (χ1v) is 13.7. The fraction of sp³-hybridized carbons (Fsp3) is 0.296. The Labute approximate surface area is 222 Å². The highest BCUT2D eigenvalue weighted by atomic mass is 32.2.